The van der Waals surface area contributed by atoms with Crippen LogP contribution in [0.15, 0.2) is 79.1 Å². The van der Waals surface area contributed by atoms with Crippen molar-refractivity contribution in [1.29, 1.82) is 0 Å². The van der Waals surface area contributed by atoms with Crippen molar-refractivity contribution in [3.63, 3.8) is 0 Å². The molecule has 0 radical (unpaired) electrons. The Kier molecular flexibility index (Phi) is 6.15. The molecule has 0 aliphatic carbocycles. The van der Waals surface area contributed by atoms with Crippen LogP contribution in [0.2, 0.25) is 0 Å². The van der Waals surface area contributed by atoms with E-state index in [-0.39, 0.29) is 6.61 Å². The van der Waals surface area contributed by atoms with E-state index < -0.39 is 6.10 Å². The molecule has 0 aliphatic heterocycles. The number of ether oxygens (including phenoxy) is 1. The van der Waals surface area contributed by atoms with E-state index in [1.807, 2.05) is 60.8 Å². The monoisotopic (exact) mass is 334 g/mol. The Morgan fingerprint density at radius 3 is 2.40 bits per heavy atom. The average Bonchev–Trinajstić information content (AvgIpc) is 2.68. The lowest BCUT2D eigenvalue weighted by atomic mass is 10.1. The summed E-state index contributed by atoms with van der Waals surface area (Å²) in [4.78, 5) is 4.06. The van der Waals surface area contributed by atoms with E-state index in [4.69, 9.17) is 4.74 Å². The standard InChI is InChI=1S/C21H22N2O2/c24-20(15-23-14-17-5-4-12-22-13-17)16-25-21-10-8-19(9-11-21)18-6-2-1-3-7-18/h1-13,20,23-24H,14-16H2. The first-order valence-electron chi connectivity index (χ1n) is 8.37. The molecule has 0 spiro atoms. The highest BCUT2D eigenvalue weighted by molar-refractivity contribution is 5.63. The Balaban J connectivity index is 1.42. The molecule has 128 valence electrons. The fraction of sp³-hybridized carbons (Fsp3) is 0.190. The van der Waals surface area contributed by atoms with Crippen molar-refractivity contribution in [2.75, 3.05) is 13.2 Å². The smallest absolute Gasteiger partial charge is 0.119 e. The summed E-state index contributed by atoms with van der Waals surface area (Å²) in [5, 5.41) is 13.2. The molecule has 0 fully saturated rings. The normalized spacial score (nSPS) is 11.9. The Morgan fingerprint density at radius 2 is 1.68 bits per heavy atom. The Morgan fingerprint density at radius 1 is 0.920 bits per heavy atom. The largest absolute Gasteiger partial charge is 0.491 e. The van der Waals surface area contributed by atoms with Gasteiger partial charge < -0.3 is 15.2 Å². The number of hydrogen-bond acceptors (Lipinski definition) is 4. The minimum atomic E-state index is -0.564. The van der Waals surface area contributed by atoms with Crippen LogP contribution < -0.4 is 10.1 Å². The van der Waals surface area contributed by atoms with Crippen LogP contribution in [0.5, 0.6) is 5.75 Å². The summed E-state index contributed by atoms with van der Waals surface area (Å²) in [6.07, 6.45) is 2.99. The van der Waals surface area contributed by atoms with Gasteiger partial charge in [-0.05, 0) is 34.9 Å². The van der Waals surface area contributed by atoms with Gasteiger partial charge in [0.05, 0.1) is 0 Å². The number of benzene rings is 2. The van der Waals surface area contributed by atoms with Gasteiger partial charge in [0.15, 0.2) is 0 Å². The summed E-state index contributed by atoms with van der Waals surface area (Å²) in [7, 11) is 0. The third kappa shape index (κ3) is 5.41. The minimum absolute atomic E-state index is 0.255. The van der Waals surface area contributed by atoms with Crippen LogP contribution in [0.1, 0.15) is 5.56 Å². The van der Waals surface area contributed by atoms with Gasteiger partial charge in [0.25, 0.3) is 0 Å². The van der Waals surface area contributed by atoms with E-state index in [9.17, 15) is 5.11 Å². The second kappa shape index (κ2) is 8.97. The van der Waals surface area contributed by atoms with Crippen molar-refractivity contribution < 1.29 is 9.84 Å². The van der Waals surface area contributed by atoms with Crippen molar-refractivity contribution in [1.82, 2.24) is 10.3 Å². The first-order chi connectivity index (χ1) is 12.3. The molecule has 2 aromatic carbocycles. The van der Waals surface area contributed by atoms with Crippen LogP contribution in [-0.2, 0) is 6.54 Å². The van der Waals surface area contributed by atoms with E-state index in [0.717, 1.165) is 16.9 Å². The lowest BCUT2D eigenvalue weighted by Crippen LogP contribution is -2.31. The summed E-state index contributed by atoms with van der Waals surface area (Å²) >= 11 is 0. The van der Waals surface area contributed by atoms with Gasteiger partial charge in [-0.15, -0.1) is 0 Å². The highest BCUT2D eigenvalue weighted by atomic mass is 16.5. The molecule has 25 heavy (non-hydrogen) atoms. The van der Waals surface area contributed by atoms with Crippen LogP contribution in [0.25, 0.3) is 11.1 Å². The van der Waals surface area contributed by atoms with Crippen molar-refractivity contribution in [3.05, 3.63) is 84.7 Å². The van der Waals surface area contributed by atoms with E-state index in [0.29, 0.717) is 13.1 Å². The molecule has 0 bridgehead atoms. The topological polar surface area (TPSA) is 54.4 Å². The quantitative estimate of drug-likeness (QED) is 0.664. The predicted octanol–water partition coefficient (Wildman–Crippen LogP) is 3.28. The summed E-state index contributed by atoms with van der Waals surface area (Å²) in [6, 6.07) is 22.0. The molecule has 1 atom stereocenters. The van der Waals surface area contributed by atoms with Crippen molar-refractivity contribution >= 4 is 0 Å². The molecule has 2 N–H and O–H groups in total. The summed E-state index contributed by atoms with van der Waals surface area (Å²) in [5.74, 6) is 0.756. The molecule has 4 heteroatoms. The van der Waals surface area contributed by atoms with E-state index in [1.54, 1.807) is 6.20 Å². The van der Waals surface area contributed by atoms with Crippen LogP contribution in [0, 0.1) is 0 Å². The highest BCUT2D eigenvalue weighted by Gasteiger charge is 2.05. The zero-order valence-corrected chi connectivity index (χ0v) is 14.0. The minimum Gasteiger partial charge on any atom is -0.491 e. The maximum atomic E-state index is 10.0. The summed E-state index contributed by atoms with van der Waals surface area (Å²) in [5.41, 5.74) is 3.41. The molecule has 1 unspecified atom stereocenters. The molecule has 3 rings (SSSR count). The fourth-order valence-corrected chi connectivity index (χ4v) is 2.51. The van der Waals surface area contributed by atoms with E-state index in [1.165, 1.54) is 5.56 Å². The molecular weight excluding hydrogens is 312 g/mol. The molecular formula is C21H22N2O2. The Hall–Kier alpha value is -2.69. The van der Waals surface area contributed by atoms with E-state index in [2.05, 4.69) is 22.4 Å². The van der Waals surface area contributed by atoms with Gasteiger partial charge in [-0.1, -0.05) is 48.5 Å². The maximum Gasteiger partial charge on any atom is 0.119 e. The molecule has 0 amide bonds. The third-order valence-corrected chi connectivity index (χ3v) is 3.84. The number of nitrogens with one attached hydrogen (secondary N) is 1. The van der Waals surface area contributed by atoms with Gasteiger partial charge in [-0.3, -0.25) is 4.98 Å². The van der Waals surface area contributed by atoms with Crippen LogP contribution in [0.3, 0.4) is 0 Å². The number of aliphatic hydroxyl groups is 1. The maximum absolute atomic E-state index is 10.0. The molecule has 3 aromatic rings. The second-order valence-corrected chi connectivity index (χ2v) is 5.85. The first-order valence-corrected chi connectivity index (χ1v) is 8.37. The number of aliphatic hydroxyl groups excluding tert-OH is 1. The molecule has 0 saturated carbocycles. The number of pyridine rings is 1. The number of aromatic nitrogens is 1. The molecule has 4 nitrogen and oxygen atoms in total. The second-order valence-electron chi connectivity index (χ2n) is 5.85. The lowest BCUT2D eigenvalue weighted by molar-refractivity contribution is 0.106. The SMILES string of the molecule is OC(CNCc1cccnc1)COc1ccc(-c2ccccc2)cc1. The number of hydrogen-bond donors (Lipinski definition) is 2. The molecule has 1 heterocycles. The zero-order valence-electron chi connectivity index (χ0n) is 14.0. The Labute approximate surface area is 148 Å². The van der Waals surface area contributed by atoms with Gasteiger partial charge in [-0.2, -0.15) is 0 Å². The lowest BCUT2D eigenvalue weighted by Gasteiger charge is -2.13. The molecule has 1 aromatic heterocycles. The predicted molar refractivity (Wildman–Crippen MR) is 99.3 cm³/mol. The Bertz CT molecular complexity index is 746. The fourth-order valence-electron chi connectivity index (χ4n) is 2.51. The van der Waals surface area contributed by atoms with Crippen molar-refractivity contribution in [2.45, 2.75) is 12.6 Å². The van der Waals surface area contributed by atoms with Crippen LogP contribution in [-0.4, -0.2) is 29.3 Å². The van der Waals surface area contributed by atoms with Gasteiger partial charge in [-0.25, -0.2) is 0 Å². The molecule has 0 aliphatic rings. The number of rotatable bonds is 8. The summed E-state index contributed by atoms with van der Waals surface area (Å²) < 4.78 is 5.66. The van der Waals surface area contributed by atoms with Gasteiger partial charge >= 0.3 is 0 Å². The zero-order chi connectivity index (χ0) is 17.3. The van der Waals surface area contributed by atoms with Crippen molar-refractivity contribution in [2.24, 2.45) is 0 Å². The highest BCUT2D eigenvalue weighted by Crippen LogP contribution is 2.22. The van der Waals surface area contributed by atoms with Crippen molar-refractivity contribution in [3.8, 4) is 16.9 Å². The summed E-state index contributed by atoms with van der Waals surface area (Å²) in [6.45, 7) is 1.40. The number of nitrogens with zero attached hydrogens (tertiary/aromatic N) is 1. The third-order valence-electron chi connectivity index (χ3n) is 3.84. The van der Waals surface area contributed by atoms with Gasteiger partial charge in [0.2, 0.25) is 0 Å². The molecule has 0 saturated heterocycles. The van der Waals surface area contributed by atoms with Gasteiger partial charge in [0, 0.05) is 25.5 Å². The van der Waals surface area contributed by atoms with Crippen LogP contribution >= 0.6 is 0 Å². The average molecular weight is 334 g/mol. The van der Waals surface area contributed by atoms with Gasteiger partial charge in [0.1, 0.15) is 18.5 Å². The van der Waals surface area contributed by atoms with Crippen LogP contribution in [0.4, 0.5) is 0 Å². The van der Waals surface area contributed by atoms with E-state index >= 15 is 0 Å². The first kappa shape index (κ1) is 17.1.